The molecule has 3 rings (SSSR count). The Labute approximate surface area is 133 Å². The standard InChI is InChI=1S/C16H18N2O3S/c1-9-6-11(9)15(19)18-16-17-13(8-22-16)12-7-10(20-2)4-5-14(12)21-3/h4-5,7-9,11H,6H2,1-3H3,(H,17,18,19)/t9-,11+/m0/s1. The van der Waals surface area contributed by atoms with E-state index < -0.39 is 0 Å². The van der Waals surface area contributed by atoms with Crippen LogP contribution in [-0.2, 0) is 4.79 Å². The number of benzene rings is 1. The number of carbonyl (C=O) groups is 1. The minimum absolute atomic E-state index is 0.0611. The number of thiazole rings is 1. The monoisotopic (exact) mass is 318 g/mol. The summed E-state index contributed by atoms with van der Waals surface area (Å²) in [6.45, 7) is 2.08. The summed E-state index contributed by atoms with van der Waals surface area (Å²) in [5.41, 5.74) is 1.61. The number of hydrogen-bond acceptors (Lipinski definition) is 5. The number of amides is 1. The molecule has 1 aromatic heterocycles. The number of rotatable bonds is 5. The molecule has 1 heterocycles. The smallest absolute Gasteiger partial charge is 0.229 e. The van der Waals surface area contributed by atoms with Crippen molar-refractivity contribution >= 4 is 22.4 Å². The van der Waals surface area contributed by atoms with Crippen LogP contribution in [0.4, 0.5) is 5.13 Å². The third kappa shape index (κ3) is 2.92. The first-order valence-electron chi connectivity index (χ1n) is 7.11. The second kappa shape index (κ2) is 5.96. The van der Waals surface area contributed by atoms with Crippen LogP contribution in [0.5, 0.6) is 11.5 Å². The van der Waals surface area contributed by atoms with Gasteiger partial charge >= 0.3 is 0 Å². The van der Waals surface area contributed by atoms with Gasteiger partial charge in [-0.1, -0.05) is 6.92 Å². The van der Waals surface area contributed by atoms with Crippen molar-refractivity contribution in [2.24, 2.45) is 11.8 Å². The lowest BCUT2D eigenvalue weighted by Gasteiger charge is -2.08. The van der Waals surface area contributed by atoms with Crippen LogP contribution in [0.15, 0.2) is 23.6 Å². The largest absolute Gasteiger partial charge is 0.497 e. The van der Waals surface area contributed by atoms with Gasteiger partial charge in [-0.3, -0.25) is 4.79 Å². The number of aromatic nitrogens is 1. The summed E-state index contributed by atoms with van der Waals surface area (Å²) in [6.07, 6.45) is 0.966. The number of methoxy groups -OCH3 is 2. The van der Waals surface area contributed by atoms with Gasteiger partial charge in [-0.15, -0.1) is 11.3 Å². The first kappa shape index (κ1) is 14.8. The molecule has 0 radical (unpaired) electrons. The van der Waals surface area contributed by atoms with Crippen LogP contribution >= 0.6 is 11.3 Å². The van der Waals surface area contributed by atoms with E-state index in [2.05, 4.69) is 17.2 Å². The lowest BCUT2D eigenvalue weighted by atomic mass is 10.1. The fraction of sp³-hybridized carbons (Fsp3) is 0.375. The van der Waals surface area contributed by atoms with Crippen molar-refractivity contribution in [1.82, 2.24) is 4.98 Å². The van der Waals surface area contributed by atoms with E-state index in [1.54, 1.807) is 14.2 Å². The maximum absolute atomic E-state index is 12.0. The molecular formula is C16H18N2O3S. The van der Waals surface area contributed by atoms with Gasteiger partial charge in [-0.2, -0.15) is 0 Å². The molecule has 1 saturated carbocycles. The van der Waals surface area contributed by atoms with E-state index in [0.717, 1.165) is 29.2 Å². The second-order valence-electron chi connectivity index (χ2n) is 5.41. The SMILES string of the molecule is COc1ccc(OC)c(-c2csc(NC(=O)[C@@H]3C[C@@H]3C)n2)c1. The number of hydrogen-bond donors (Lipinski definition) is 1. The summed E-state index contributed by atoms with van der Waals surface area (Å²) < 4.78 is 10.6. The van der Waals surface area contributed by atoms with Crippen LogP contribution in [0.3, 0.4) is 0 Å². The van der Waals surface area contributed by atoms with Crippen LogP contribution in [0.2, 0.25) is 0 Å². The first-order chi connectivity index (χ1) is 10.6. The summed E-state index contributed by atoms with van der Waals surface area (Å²) in [5, 5.41) is 5.41. The number of anilines is 1. The normalized spacial score (nSPS) is 19.6. The predicted octanol–water partition coefficient (Wildman–Crippen LogP) is 3.42. The fourth-order valence-electron chi connectivity index (χ4n) is 2.35. The molecule has 1 aromatic carbocycles. The molecule has 0 aliphatic heterocycles. The molecule has 0 unspecified atom stereocenters. The Kier molecular flexibility index (Phi) is 4.02. The summed E-state index contributed by atoms with van der Waals surface area (Å²) in [6, 6.07) is 5.56. The molecule has 116 valence electrons. The quantitative estimate of drug-likeness (QED) is 0.917. The highest BCUT2D eigenvalue weighted by Gasteiger charge is 2.39. The van der Waals surface area contributed by atoms with Crippen molar-refractivity contribution in [1.29, 1.82) is 0 Å². The highest BCUT2D eigenvalue weighted by atomic mass is 32.1. The Morgan fingerprint density at radius 3 is 2.77 bits per heavy atom. The molecule has 1 aliphatic carbocycles. The zero-order valence-corrected chi connectivity index (χ0v) is 13.6. The van der Waals surface area contributed by atoms with Gasteiger partial charge in [0.25, 0.3) is 0 Å². The zero-order valence-electron chi connectivity index (χ0n) is 12.8. The van der Waals surface area contributed by atoms with E-state index in [1.165, 1.54) is 11.3 Å². The summed E-state index contributed by atoms with van der Waals surface area (Å²) in [7, 11) is 3.24. The molecule has 1 amide bonds. The van der Waals surface area contributed by atoms with Crippen LogP contribution in [-0.4, -0.2) is 25.1 Å². The third-order valence-corrected chi connectivity index (χ3v) is 4.62. The van der Waals surface area contributed by atoms with E-state index in [4.69, 9.17) is 9.47 Å². The Morgan fingerprint density at radius 2 is 2.14 bits per heavy atom. The van der Waals surface area contributed by atoms with E-state index in [1.807, 2.05) is 23.6 Å². The van der Waals surface area contributed by atoms with E-state index >= 15 is 0 Å². The average Bonchev–Trinajstić information content (AvgIpc) is 3.09. The molecule has 22 heavy (non-hydrogen) atoms. The summed E-state index contributed by atoms with van der Waals surface area (Å²) >= 11 is 1.41. The molecule has 1 fully saturated rings. The van der Waals surface area contributed by atoms with Gasteiger partial charge in [0.15, 0.2) is 5.13 Å². The molecule has 0 bridgehead atoms. The van der Waals surface area contributed by atoms with Crippen LogP contribution in [0, 0.1) is 11.8 Å². The summed E-state index contributed by atoms with van der Waals surface area (Å²) in [5.74, 6) is 2.14. The maximum atomic E-state index is 12.0. The highest BCUT2D eigenvalue weighted by Crippen LogP contribution is 2.39. The number of nitrogens with zero attached hydrogens (tertiary/aromatic N) is 1. The highest BCUT2D eigenvalue weighted by molar-refractivity contribution is 7.14. The fourth-order valence-corrected chi connectivity index (χ4v) is 3.07. The van der Waals surface area contributed by atoms with Gasteiger partial charge in [0.1, 0.15) is 11.5 Å². The minimum Gasteiger partial charge on any atom is -0.497 e. The molecule has 2 aromatic rings. The van der Waals surface area contributed by atoms with Gasteiger partial charge in [0.2, 0.25) is 5.91 Å². The molecule has 0 spiro atoms. The molecule has 6 heteroatoms. The molecule has 2 atom stereocenters. The van der Waals surface area contributed by atoms with Crippen molar-refractivity contribution in [3.63, 3.8) is 0 Å². The second-order valence-corrected chi connectivity index (χ2v) is 6.27. The van der Waals surface area contributed by atoms with Gasteiger partial charge in [0, 0.05) is 16.9 Å². The Balaban J connectivity index is 1.82. The van der Waals surface area contributed by atoms with Gasteiger partial charge in [-0.25, -0.2) is 4.98 Å². The van der Waals surface area contributed by atoms with E-state index in [9.17, 15) is 4.79 Å². The topological polar surface area (TPSA) is 60.5 Å². The number of carbonyl (C=O) groups excluding carboxylic acids is 1. The average molecular weight is 318 g/mol. The van der Waals surface area contributed by atoms with Crippen molar-refractivity contribution in [2.45, 2.75) is 13.3 Å². The maximum Gasteiger partial charge on any atom is 0.229 e. The first-order valence-corrected chi connectivity index (χ1v) is 7.99. The number of nitrogens with one attached hydrogen (secondary N) is 1. The third-order valence-electron chi connectivity index (χ3n) is 3.86. The van der Waals surface area contributed by atoms with Crippen LogP contribution < -0.4 is 14.8 Å². The van der Waals surface area contributed by atoms with Crippen molar-refractivity contribution < 1.29 is 14.3 Å². The van der Waals surface area contributed by atoms with Crippen molar-refractivity contribution in [3.05, 3.63) is 23.6 Å². The molecule has 5 nitrogen and oxygen atoms in total. The molecule has 1 aliphatic rings. The lowest BCUT2D eigenvalue weighted by Crippen LogP contribution is -2.14. The Morgan fingerprint density at radius 1 is 1.36 bits per heavy atom. The molecule has 0 saturated heterocycles. The zero-order chi connectivity index (χ0) is 15.7. The molecular weight excluding hydrogens is 300 g/mol. The predicted molar refractivity (Wildman–Crippen MR) is 86.6 cm³/mol. The van der Waals surface area contributed by atoms with E-state index in [0.29, 0.717) is 11.0 Å². The summed E-state index contributed by atoms with van der Waals surface area (Å²) in [4.78, 5) is 16.5. The Bertz CT molecular complexity index is 698. The minimum atomic E-state index is 0.0611. The van der Waals surface area contributed by atoms with Crippen LogP contribution in [0.25, 0.3) is 11.3 Å². The lowest BCUT2D eigenvalue weighted by molar-refractivity contribution is -0.117. The molecule has 1 N–H and O–H groups in total. The van der Waals surface area contributed by atoms with Gasteiger partial charge < -0.3 is 14.8 Å². The van der Waals surface area contributed by atoms with Crippen LogP contribution in [0.1, 0.15) is 13.3 Å². The van der Waals surface area contributed by atoms with Gasteiger partial charge in [0.05, 0.1) is 19.9 Å². The van der Waals surface area contributed by atoms with Gasteiger partial charge in [-0.05, 0) is 30.5 Å². The van der Waals surface area contributed by atoms with Crippen molar-refractivity contribution in [3.8, 4) is 22.8 Å². The van der Waals surface area contributed by atoms with E-state index in [-0.39, 0.29) is 11.8 Å². The number of ether oxygens (including phenoxy) is 2. The van der Waals surface area contributed by atoms with Crippen molar-refractivity contribution in [2.75, 3.05) is 19.5 Å². The Hall–Kier alpha value is -2.08.